The van der Waals surface area contributed by atoms with Gasteiger partial charge in [0, 0.05) is 13.2 Å². The van der Waals surface area contributed by atoms with E-state index >= 15 is 0 Å². The van der Waals surface area contributed by atoms with Crippen molar-refractivity contribution in [2.45, 2.75) is 50.8 Å². The second-order valence-corrected chi connectivity index (χ2v) is 5.15. The van der Waals surface area contributed by atoms with E-state index in [1.165, 1.54) is 0 Å². The lowest BCUT2D eigenvalue weighted by atomic mass is 9.84. The van der Waals surface area contributed by atoms with E-state index in [1.807, 2.05) is 6.92 Å². The Morgan fingerprint density at radius 1 is 1.47 bits per heavy atom. The molecular weight excluding hydrogens is 220 g/mol. The summed E-state index contributed by atoms with van der Waals surface area (Å²) in [6.07, 6.45) is 2.55. The van der Waals surface area contributed by atoms with Gasteiger partial charge >= 0.3 is 0 Å². The number of amides is 2. The standard InChI is InChI=1S/C12H20N2O3/c1-4-12(2)11(16)14(7-10(15)13-12)8-5-9(6-8)17-3/h8-9H,4-7H2,1-3H3,(H,13,15). The number of hydrogen-bond acceptors (Lipinski definition) is 3. The molecule has 0 radical (unpaired) electrons. The molecule has 1 aliphatic carbocycles. The van der Waals surface area contributed by atoms with Gasteiger partial charge in [0.25, 0.3) is 0 Å². The Balaban J connectivity index is 2.07. The van der Waals surface area contributed by atoms with Crippen LogP contribution in [-0.2, 0) is 14.3 Å². The minimum absolute atomic E-state index is 0.0409. The smallest absolute Gasteiger partial charge is 0.248 e. The maximum Gasteiger partial charge on any atom is 0.248 e. The molecule has 2 amide bonds. The zero-order valence-electron chi connectivity index (χ0n) is 10.7. The third kappa shape index (κ3) is 2.04. The molecule has 1 N–H and O–H groups in total. The summed E-state index contributed by atoms with van der Waals surface area (Å²) in [5.41, 5.74) is -0.729. The molecule has 2 aliphatic rings. The van der Waals surface area contributed by atoms with Gasteiger partial charge in [-0.25, -0.2) is 0 Å². The number of nitrogens with zero attached hydrogens (tertiary/aromatic N) is 1. The van der Waals surface area contributed by atoms with E-state index in [1.54, 1.807) is 18.9 Å². The zero-order valence-corrected chi connectivity index (χ0v) is 10.7. The van der Waals surface area contributed by atoms with Gasteiger partial charge in [0.05, 0.1) is 12.6 Å². The average molecular weight is 240 g/mol. The highest BCUT2D eigenvalue weighted by molar-refractivity contribution is 5.97. The normalized spacial score (nSPS) is 37.7. The van der Waals surface area contributed by atoms with Crippen molar-refractivity contribution in [3.05, 3.63) is 0 Å². The van der Waals surface area contributed by atoms with E-state index in [2.05, 4.69) is 5.32 Å². The van der Waals surface area contributed by atoms with Crippen molar-refractivity contribution in [3.8, 4) is 0 Å². The van der Waals surface area contributed by atoms with Crippen LogP contribution < -0.4 is 5.32 Å². The molecule has 96 valence electrons. The lowest BCUT2D eigenvalue weighted by molar-refractivity contribution is -0.156. The Hall–Kier alpha value is -1.10. The minimum atomic E-state index is -0.729. The fourth-order valence-corrected chi connectivity index (χ4v) is 2.46. The Bertz CT molecular complexity index is 339. The lowest BCUT2D eigenvalue weighted by Gasteiger charge is -2.47. The summed E-state index contributed by atoms with van der Waals surface area (Å²) in [6.45, 7) is 3.90. The van der Waals surface area contributed by atoms with E-state index in [-0.39, 0.29) is 30.5 Å². The molecule has 0 spiro atoms. The molecule has 17 heavy (non-hydrogen) atoms. The van der Waals surface area contributed by atoms with Crippen LogP contribution >= 0.6 is 0 Å². The third-order valence-electron chi connectivity index (χ3n) is 4.01. The predicted octanol–water partition coefficient (Wildman–Crippen LogP) is 0.291. The van der Waals surface area contributed by atoms with E-state index < -0.39 is 5.54 Å². The first-order chi connectivity index (χ1) is 8.00. The topological polar surface area (TPSA) is 58.6 Å². The van der Waals surface area contributed by atoms with Crippen LogP contribution in [0.5, 0.6) is 0 Å². The molecular formula is C12H20N2O3. The van der Waals surface area contributed by atoms with Gasteiger partial charge < -0.3 is 15.0 Å². The van der Waals surface area contributed by atoms with Gasteiger partial charge in [0.1, 0.15) is 5.54 Å². The lowest BCUT2D eigenvalue weighted by Crippen LogP contribution is -2.68. The summed E-state index contributed by atoms with van der Waals surface area (Å²) >= 11 is 0. The van der Waals surface area contributed by atoms with E-state index in [0.29, 0.717) is 6.42 Å². The Kier molecular flexibility index (Phi) is 3.12. The van der Waals surface area contributed by atoms with Gasteiger partial charge in [0.15, 0.2) is 0 Å². The molecule has 1 saturated heterocycles. The molecule has 0 aromatic carbocycles. The van der Waals surface area contributed by atoms with Crippen molar-refractivity contribution in [3.63, 3.8) is 0 Å². The summed E-state index contributed by atoms with van der Waals surface area (Å²) in [6, 6.07) is 0.171. The Morgan fingerprint density at radius 2 is 2.12 bits per heavy atom. The summed E-state index contributed by atoms with van der Waals surface area (Å²) in [5, 5.41) is 2.79. The molecule has 5 heteroatoms. The number of piperazine rings is 1. The zero-order chi connectivity index (χ0) is 12.6. The fourth-order valence-electron chi connectivity index (χ4n) is 2.46. The molecule has 1 atom stereocenters. The molecule has 5 nitrogen and oxygen atoms in total. The second kappa shape index (κ2) is 4.29. The molecule has 0 aromatic rings. The van der Waals surface area contributed by atoms with E-state index in [9.17, 15) is 9.59 Å². The van der Waals surface area contributed by atoms with Crippen molar-refractivity contribution >= 4 is 11.8 Å². The van der Waals surface area contributed by atoms with Crippen LogP contribution in [0.25, 0.3) is 0 Å². The van der Waals surface area contributed by atoms with E-state index in [4.69, 9.17) is 4.74 Å². The number of rotatable bonds is 3. The van der Waals surface area contributed by atoms with Crippen molar-refractivity contribution in [1.82, 2.24) is 10.2 Å². The highest BCUT2D eigenvalue weighted by Gasteiger charge is 2.46. The number of ether oxygens (including phenoxy) is 1. The van der Waals surface area contributed by atoms with Crippen molar-refractivity contribution in [1.29, 1.82) is 0 Å². The van der Waals surface area contributed by atoms with Crippen LogP contribution in [0.2, 0.25) is 0 Å². The van der Waals surface area contributed by atoms with Gasteiger partial charge in [-0.15, -0.1) is 0 Å². The molecule has 1 saturated carbocycles. The van der Waals surface area contributed by atoms with Gasteiger partial charge in [-0.05, 0) is 26.2 Å². The number of hydrogen-bond donors (Lipinski definition) is 1. The van der Waals surface area contributed by atoms with Gasteiger partial charge in [-0.1, -0.05) is 6.92 Å². The highest BCUT2D eigenvalue weighted by atomic mass is 16.5. The van der Waals surface area contributed by atoms with Gasteiger partial charge in [0.2, 0.25) is 11.8 Å². The second-order valence-electron chi connectivity index (χ2n) is 5.15. The summed E-state index contributed by atoms with van der Waals surface area (Å²) in [5.74, 6) is -0.0195. The largest absolute Gasteiger partial charge is 0.381 e. The van der Waals surface area contributed by atoms with Crippen LogP contribution in [-0.4, -0.2) is 48.1 Å². The first kappa shape index (κ1) is 12.4. The first-order valence-electron chi connectivity index (χ1n) is 6.15. The molecule has 1 heterocycles. The average Bonchev–Trinajstić information content (AvgIpc) is 2.23. The molecule has 1 aliphatic heterocycles. The molecule has 2 rings (SSSR count). The van der Waals surface area contributed by atoms with E-state index in [0.717, 1.165) is 12.8 Å². The first-order valence-corrected chi connectivity index (χ1v) is 6.15. The highest BCUT2D eigenvalue weighted by Crippen LogP contribution is 2.31. The van der Waals surface area contributed by atoms with Crippen molar-refractivity contribution in [2.75, 3.05) is 13.7 Å². The minimum Gasteiger partial charge on any atom is -0.381 e. The quantitative estimate of drug-likeness (QED) is 0.771. The molecule has 1 unspecified atom stereocenters. The summed E-state index contributed by atoms with van der Waals surface area (Å²) in [7, 11) is 1.68. The molecule has 0 aromatic heterocycles. The Morgan fingerprint density at radius 3 is 2.65 bits per heavy atom. The SMILES string of the molecule is CCC1(C)NC(=O)CN(C2CC(OC)C2)C1=O. The Labute approximate surface area is 101 Å². The summed E-state index contributed by atoms with van der Waals surface area (Å²) < 4.78 is 5.21. The predicted molar refractivity (Wildman–Crippen MR) is 62.4 cm³/mol. The van der Waals surface area contributed by atoms with Crippen LogP contribution in [0.1, 0.15) is 33.1 Å². The maximum absolute atomic E-state index is 12.3. The van der Waals surface area contributed by atoms with Gasteiger partial charge in [-0.3, -0.25) is 9.59 Å². The maximum atomic E-state index is 12.3. The monoisotopic (exact) mass is 240 g/mol. The van der Waals surface area contributed by atoms with Crippen LogP contribution in [0.3, 0.4) is 0 Å². The third-order valence-corrected chi connectivity index (χ3v) is 4.01. The van der Waals surface area contributed by atoms with Crippen LogP contribution in [0.15, 0.2) is 0 Å². The van der Waals surface area contributed by atoms with Crippen LogP contribution in [0, 0.1) is 0 Å². The fraction of sp³-hybridized carbons (Fsp3) is 0.833. The molecule has 0 bridgehead atoms. The number of carbonyl (C=O) groups is 2. The summed E-state index contributed by atoms with van der Waals surface area (Å²) in [4.78, 5) is 25.7. The van der Waals surface area contributed by atoms with Gasteiger partial charge in [-0.2, -0.15) is 0 Å². The number of nitrogens with one attached hydrogen (secondary N) is 1. The van der Waals surface area contributed by atoms with Crippen molar-refractivity contribution < 1.29 is 14.3 Å². The number of carbonyl (C=O) groups excluding carboxylic acids is 2. The number of methoxy groups -OCH3 is 1. The van der Waals surface area contributed by atoms with Crippen LogP contribution in [0.4, 0.5) is 0 Å². The molecule has 2 fully saturated rings. The van der Waals surface area contributed by atoms with Crippen molar-refractivity contribution in [2.24, 2.45) is 0 Å².